The van der Waals surface area contributed by atoms with Gasteiger partial charge in [0.15, 0.2) is 0 Å². The van der Waals surface area contributed by atoms with E-state index in [4.69, 9.17) is 23.2 Å². The average molecular weight is 279 g/mol. The summed E-state index contributed by atoms with van der Waals surface area (Å²) in [6.07, 6.45) is 0.950. The van der Waals surface area contributed by atoms with Gasteiger partial charge in [-0.15, -0.1) is 23.2 Å². The summed E-state index contributed by atoms with van der Waals surface area (Å²) in [5.41, 5.74) is 0. The second kappa shape index (κ2) is 2.15. The molecular weight excluding hydrogens is 270 g/mol. The number of halogens is 3. The first-order chi connectivity index (χ1) is 3.84. The van der Waals surface area contributed by atoms with Crippen LogP contribution in [0.15, 0.2) is 0 Å². The van der Waals surface area contributed by atoms with Crippen molar-refractivity contribution in [3.63, 3.8) is 0 Å². The lowest BCUT2D eigenvalue weighted by atomic mass is 10.1. The lowest BCUT2D eigenvalue weighted by molar-refractivity contribution is 0.645. The minimum Gasteiger partial charge on any atom is -0.101 e. The van der Waals surface area contributed by atoms with Crippen LogP contribution in [0, 0.1) is 5.92 Å². The van der Waals surface area contributed by atoms with Crippen molar-refractivity contribution in [3.05, 3.63) is 0 Å². The fourth-order valence-electron chi connectivity index (χ4n) is 0.958. The predicted octanol–water partition coefficient (Wildman–Crippen LogP) is 3.39. The van der Waals surface area contributed by atoms with E-state index in [2.05, 4.69) is 36.4 Å². The van der Waals surface area contributed by atoms with E-state index in [1.807, 2.05) is 0 Å². The van der Waals surface area contributed by atoms with E-state index in [1.165, 1.54) is 0 Å². The van der Waals surface area contributed by atoms with Crippen molar-refractivity contribution >= 4 is 45.8 Å². The van der Waals surface area contributed by atoms with Crippen LogP contribution in [0.5, 0.6) is 0 Å². The molecule has 1 unspecified atom stereocenters. The van der Waals surface area contributed by atoms with E-state index in [-0.39, 0.29) is 3.42 Å². The van der Waals surface area contributed by atoms with Gasteiger partial charge in [0.25, 0.3) is 0 Å². The van der Waals surface area contributed by atoms with Gasteiger partial charge < -0.3 is 0 Å². The number of alkyl halides is 3. The molecule has 54 valence electrons. The Balaban J connectivity index is 2.52. The zero-order chi connectivity index (χ0) is 7.28. The van der Waals surface area contributed by atoms with Gasteiger partial charge >= 0.3 is 0 Å². The molecule has 0 heterocycles. The van der Waals surface area contributed by atoms with Crippen molar-refractivity contribution in [1.29, 1.82) is 0 Å². The molecule has 0 saturated heterocycles. The van der Waals surface area contributed by atoms with E-state index in [9.17, 15) is 0 Å². The molecule has 1 fully saturated rings. The molecule has 1 aliphatic carbocycles. The van der Waals surface area contributed by atoms with E-state index < -0.39 is 4.33 Å². The third kappa shape index (κ3) is 1.87. The summed E-state index contributed by atoms with van der Waals surface area (Å²) < 4.78 is -0.161. The van der Waals surface area contributed by atoms with Gasteiger partial charge in [0.05, 0.1) is 0 Å². The Hall–Kier alpha value is 1.31. The Kier molecular flexibility index (Phi) is 2.00. The van der Waals surface area contributed by atoms with Crippen LogP contribution in [0.2, 0.25) is 0 Å². The predicted molar refractivity (Wildman–Crippen MR) is 50.6 cm³/mol. The van der Waals surface area contributed by atoms with E-state index in [0.717, 1.165) is 6.42 Å². The van der Waals surface area contributed by atoms with Crippen LogP contribution in [0.4, 0.5) is 0 Å². The summed E-state index contributed by atoms with van der Waals surface area (Å²) >= 11 is 14.1. The molecule has 0 amide bonds. The quantitative estimate of drug-likeness (QED) is 0.509. The van der Waals surface area contributed by atoms with Crippen LogP contribution in [0.25, 0.3) is 0 Å². The molecule has 0 bridgehead atoms. The van der Waals surface area contributed by atoms with Gasteiger partial charge in [0.2, 0.25) is 0 Å². The van der Waals surface area contributed by atoms with Crippen LogP contribution in [0.1, 0.15) is 20.3 Å². The molecule has 0 N–H and O–H groups in total. The monoisotopic (exact) mass is 278 g/mol. The van der Waals surface area contributed by atoms with Crippen molar-refractivity contribution < 1.29 is 0 Å². The van der Waals surface area contributed by atoms with Gasteiger partial charge in [-0.05, 0) is 6.42 Å². The summed E-state index contributed by atoms with van der Waals surface area (Å²) in [4.78, 5) is 0. The highest BCUT2D eigenvalue weighted by Gasteiger charge is 2.57. The van der Waals surface area contributed by atoms with Crippen molar-refractivity contribution in [2.24, 2.45) is 5.92 Å². The van der Waals surface area contributed by atoms with Crippen LogP contribution in [-0.2, 0) is 0 Å². The van der Waals surface area contributed by atoms with E-state index in [1.54, 1.807) is 0 Å². The van der Waals surface area contributed by atoms with Crippen molar-refractivity contribution in [1.82, 2.24) is 0 Å². The summed E-state index contributed by atoms with van der Waals surface area (Å²) in [7, 11) is 0. The summed E-state index contributed by atoms with van der Waals surface area (Å²) in [6, 6.07) is 0. The standard InChI is InChI=1S/C6H9Cl2I/c1-5(2,9)4-3-6(4,7)8/h4H,3H2,1-2H3. The number of hydrogen-bond donors (Lipinski definition) is 0. The number of rotatable bonds is 1. The molecule has 0 radical (unpaired) electrons. The van der Waals surface area contributed by atoms with Crippen molar-refractivity contribution in [2.75, 3.05) is 0 Å². The molecular formula is C6H9Cl2I. The topological polar surface area (TPSA) is 0 Å². The minimum atomic E-state index is -0.412. The highest BCUT2D eigenvalue weighted by Crippen LogP contribution is 2.60. The molecule has 1 aliphatic rings. The maximum absolute atomic E-state index is 5.85. The molecule has 1 atom stereocenters. The summed E-state index contributed by atoms with van der Waals surface area (Å²) in [5.74, 6) is 0.480. The first kappa shape index (κ1) is 8.41. The molecule has 1 saturated carbocycles. The summed E-state index contributed by atoms with van der Waals surface area (Å²) in [6.45, 7) is 4.31. The smallest absolute Gasteiger partial charge is 0.101 e. The van der Waals surface area contributed by atoms with Crippen molar-refractivity contribution in [2.45, 2.75) is 28.0 Å². The van der Waals surface area contributed by atoms with Gasteiger partial charge in [0, 0.05) is 9.34 Å². The fraction of sp³-hybridized carbons (Fsp3) is 1.00. The molecule has 1 rings (SSSR count). The molecule has 0 nitrogen and oxygen atoms in total. The molecule has 0 aromatic heterocycles. The second-order valence-corrected chi connectivity index (χ2v) is 7.40. The Morgan fingerprint density at radius 1 is 1.56 bits per heavy atom. The number of hydrogen-bond acceptors (Lipinski definition) is 0. The first-order valence-electron chi connectivity index (χ1n) is 2.91. The van der Waals surface area contributed by atoms with Crippen molar-refractivity contribution in [3.8, 4) is 0 Å². The zero-order valence-electron chi connectivity index (χ0n) is 5.42. The normalized spacial score (nSPS) is 32.3. The van der Waals surface area contributed by atoms with Gasteiger partial charge in [-0.3, -0.25) is 0 Å². The SMILES string of the molecule is CC(C)(I)C1CC1(Cl)Cl. The second-order valence-electron chi connectivity index (χ2n) is 3.08. The Morgan fingerprint density at radius 3 is 1.89 bits per heavy atom. The highest BCUT2D eigenvalue weighted by molar-refractivity contribution is 14.1. The molecule has 3 heteroatoms. The van der Waals surface area contributed by atoms with E-state index >= 15 is 0 Å². The van der Waals surface area contributed by atoms with Crippen LogP contribution in [-0.4, -0.2) is 7.76 Å². The summed E-state index contributed by atoms with van der Waals surface area (Å²) in [5, 5.41) is 0. The Labute approximate surface area is 79.4 Å². The maximum atomic E-state index is 5.85. The fourth-order valence-corrected chi connectivity index (χ4v) is 2.93. The highest BCUT2D eigenvalue weighted by atomic mass is 127. The Morgan fingerprint density at radius 2 is 1.89 bits per heavy atom. The average Bonchev–Trinajstić information content (AvgIpc) is 2.10. The van der Waals surface area contributed by atoms with Gasteiger partial charge in [-0.25, -0.2) is 0 Å². The third-order valence-electron chi connectivity index (χ3n) is 1.65. The molecule has 0 spiro atoms. The van der Waals surface area contributed by atoms with Crippen LogP contribution >= 0.6 is 45.8 Å². The Bertz CT molecular complexity index is 126. The molecule has 0 aromatic carbocycles. The molecule has 0 aromatic rings. The van der Waals surface area contributed by atoms with Gasteiger partial charge in [0.1, 0.15) is 4.33 Å². The maximum Gasteiger partial charge on any atom is 0.122 e. The lowest BCUT2D eigenvalue weighted by Gasteiger charge is -2.15. The minimum absolute atomic E-state index is 0.251. The van der Waals surface area contributed by atoms with Crippen LogP contribution < -0.4 is 0 Å². The third-order valence-corrected chi connectivity index (χ3v) is 3.24. The van der Waals surface area contributed by atoms with Gasteiger partial charge in [-0.2, -0.15) is 0 Å². The van der Waals surface area contributed by atoms with Gasteiger partial charge in [-0.1, -0.05) is 36.4 Å². The van der Waals surface area contributed by atoms with Crippen LogP contribution in [0.3, 0.4) is 0 Å². The first-order valence-corrected chi connectivity index (χ1v) is 4.74. The van der Waals surface area contributed by atoms with E-state index in [0.29, 0.717) is 5.92 Å². The largest absolute Gasteiger partial charge is 0.122 e. The molecule has 0 aliphatic heterocycles. The lowest BCUT2D eigenvalue weighted by Crippen LogP contribution is -2.15. The molecule has 9 heavy (non-hydrogen) atoms. The zero-order valence-corrected chi connectivity index (χ0v) is 9.09.